The summed E-state index contributed by atoms with van der Waals surface area (Å²) >= 11 is -1.92. The fourth-order valence-corrected chi connectivity index (χ4v) is 3.56. The molecule has 0 aromatic heterocycles. The van der Waals surface area contributed by atoms with Crippen LogP contribution in [0.3, 0.4) is 0 Å². The Labute approximate surface area is 136 Å². The topological polar surface area (TPSA) is 14.1 Å². The Kier molecular flexibility index (Phi) is 9.56. The zero-order valence-electron chi connectivity index (χ0n) is 12.2. The van der Waals surface area contributed by atoms with Crippen molar-refractivity contribution in [2.75, 3.05) is 6.17 Å². The number of halogens is 3. The first-order valence-electron chi connectivity index (χ1n) is 6.12. The molecule has 0 unspecified atom stereocenters. The SMILES string of the molecule is CC(C)(C)[N-]C[Si](C)(C)c1ccccc1.[Cl][Ti+]([Cl])[Cl]. The molecule has 0 aliphatic rings. The fraction of sp³-hybridized carbons (Fsp3) is 0.538. The van der Waals surface area contributed by atoms with Crippen LogP contribution in [0.1, 0.15) is 20.8 Å². The molecule has 0 spiro atoms. The first-order chi connectivity index (χ1) is 8.54. The summed E-state index contributed by atoms with van der Waals surface area (Å²) in [7, 11) is 13.6. The summed E-state index contributed by atoms with van der Waals surface area (Å²) < 4.78 is 0. The van der Waals surface area contributed by atoms with Crippen molar-refractivity contribution in [3.8, 4) is 0 Å². The summed E-state index contributed by atoms with van der Waals surface area (Å²) in [5.74, 6) is 0. The van der Waals surface area contributed by atoms with Gasteiger partial charge in [-0.2, -0.15) is 0 Å². The predicted molar refractivity (Wildman–Crippen MR) is 89.1 cm³/mol. The molecular formula is C13H22Cl3NSiTi. The van der Waals surface area contributed by atoms with Crippen molar-refractivity contribution in [2.24, 2.45) is 0 Å². The van der Waals surface area contributed by atoms with Crippen LogP contribution < -0.4 is 5.19 Å². The van der Waals surface area contributed by atoms with Crippen molar-refractivity contribution in [2.45, 2.75) is 39.4 Å². The van der Waals surface area contributed by atoms with Gasteiger partial charge in [0.2, 0.25) is 0 Å². The molecule has 6 heteroatoms. The molecule has 1 aromatic rings. The molecular weight excluding hydrogens is 352 g/mol. The van der Waals surface area contributed by atoms with Crippen LogP contribution in [0.2, 0.25) is 13.1 Å². The van der Waals surface area contributed by atoms with Crippen molar-refractivity contribution in [1.29, 1.82) is 0 Å². The fourth-order valence-electron chi connectivity index (χ4n) is 1.42. The van der Waals surface area contributed by atoms with Gasteiger partial charge in [0, 0.05) is 0 Å². The average Bonchev–Trinajstić information content (AvgIpc) is 2.26. The minimum absolute atomic E-state index is 0.0963. The van der Waals surface area contributed by atoms with Crippen molar-refractivity contribution in [1.82, 2.24) is 0 Å². The van der Waals surface area contributed by atoms with Crippen molar-refractivity contribution < 1.29 is 14.7 Å². The molecule has 0 atom stereocenters. The van der Waals surface area contributed by atoms with E-state index < -0.39 is 22.8 Å². The molecule has 0 saturated carbocycles. The Morgan fingerprint density at radius 1 is 1.05 bits per heavy atom. The van der Waals surface area contributed by atoms with Crippen molar-refractivity contribution in [3.05, 3.63) is 35.6 Å². The summed E-state index contributed by atoms with van der Waals surface area (Å²) in [6.45, 7) is 11.3. The third kappa shape index (κ3) is 11.3. The van der Waals surface area contributed by atoms with Gasteiger partial charge in [-0.15, -0.1) is 11.7 Å². The second-order valence-corrected chi connectivity index (χ2v) is 18.4. The standard InChI is InChI=1S/C13H22NSi.3ClH.Ti/c1-13(2,3)14-11-15(4,5)12-9-7-6-8-10-12;;;;/h6-10H,11H2,1-5H3;3*1H;/q-1;;;;+4/p-3. The Balaban J connectivity index is 0.000000711. The maximum atomic E-state index is 4.97. The first-order valence-corrected chi connectivity index (χ1v) is 15.8. The van der Waals surface area contributed by atoms with Gasteiger partial charge in [0.1, 0.15) is 0 Å². The van der Waals surface area contributed by atoms with E-state index in [1.807, 2.05) is 0 Å². The Morgan fingerprint density at radius 2 is 1.47 bits per heavy atom. The van der Waals surface area contributed by atoms with E-state index in [9.17, 15) is 0 Å². The maximum absolute atomic E-state index is 4.97. The predicted octanol–water partition coefficient (Wildman–Crippen LogP) is 5.38. The van der Waals surface area contributed by atoms with Crippen molar-refractivity contribution in [3.63, 3.8) is 0 Å². The van der Waals surface area contributed by atoms with Gasteiger partial charge in [0.15, 0.2) is 0 Å². The molecule has 0 N–H and O–H groups in total. The molecule has 0 aliphatic carbocycles. The van der Waals surface area contributed by atoms with Crippen LogP contribution in [0.25, 0.3) is 5.32 Å². The third-order valence-electron chi connectivity index (χ3n) is 2.50. The molecule has 0 heterocycles. The normalized spacial score (nSPS) is 11.6. The van der Waals surface area contributed by atoms with Gasteiger partial charge in [0.05, 0.1) is 8.07 Å². The molecule has 1 nitrogen and oxygen atoms in total. The van der Waals surface area contributed by atoms with Crippen LogP contribution in [-0.2, 0) is 14.7 Å². The second kappa shape index (κ2) is 9.09. The van der Waals surface area contributed by atoms with Gasteiger partial charge in [-0.05, 0) is 0 Å². The molecule has 0 amide bonds. The summed E-state index contributed by atoms with van der Waals surface area (Å²) in [5.41, 5.74) is 0.0963. The monoisotopic (exact) mass is 373 g/mol. The number of hydrogen-bond acceptors (Lipinski definition) is 0. The molecule has 0 radical (unpaired) electrons. The van der Waals surface area contributed by atoms with Gasteiger partial charge in [0.25, 0.3) is 0 Å². The molecule has 108 valence electrons. The minimum atomic E-state index is -1.92. The number of benzene rings is 1. The van der Waals surface area contributed by atoms with Gasteiger partial charge >= 0.3 is 42.6 Å². The number of hydrogen-bond donors (Lipinski definition) is 0. The van der Waals surface area contributed by atoms with E-state index in [4.69, 9.17) is 33.2 Å². The summed E-state index contributed by atoms with van der Waals surface area (Å²) in [6, 6.07) is 10.8. The molecule has 1 rings (SSSR count). The molecule has 19 heavy (non-hydrogen) atoms. The van der Waals surface area contributed by atoms with Gasteiger partial charge in [-0.25, -0.2) is 0 Å². The van der Waals surface area contributed by atoms with Crippen LogP contribution >= 0.6 is 27.9 Å². The van der Waals surface area contributed by atoms with E-state index >= 15 is 0 Å². The molecule has 0 bridgehead atoms. The van der Waals surface area contributed by atoms with Crippen LogP contribution in [0.4, 0.5) is 0 Å². The van der Waals surface area contributed by atoms with E-state index in [-0.39, 0.29) is 5.54 Å². The van der Waals surface area contributed by atoms with E-state index in [2.05, 4.69) is 64.2 Å². The van der Waals surface area contributed by atoms with Crippen LogP contribution in [0.15, 0.2) is 30.3 Å². The van der Waals surface area contributed by atoms with Crippen LogP contribution in [0.5, 0.6) is 0 Å². The zero-order chi connectivity index (χ0) is 15.1. The summed E-state index contributed by atoms with van der Waals surface area (Å²) in [4.78, 5) is 0. The van der Waals surface area contributed by atoms with E-state index in [0.717, 1.165) is 6.17 Å². The molecule has 0 saturated heterocycles. The van der Waals surface area contributed by atoms with E-state index in [1.165, 1.54) is 5.19 Å². The van der Waals surface area contributed by atoms with Gasteiger partial charge in [-0.1, -0.05) is 69.4 Å². The van der Waals surface area contributed by atoms with Crippen LogP contribution in [-0.4, -0.2) is 19.8 Å². The molecule has 0 fully saturated rings. The average molecular weight is 375 g/mol. The third-order valence-corrected chi connectivity index (χ3v) is 5.35. The van der Waals surface area contributed by atoms with Crippen LogP contribution in [0, 0.1) is 0 Å². The van der Waals surface area contributed by atoms with Crippen molar-refractivity contribution >= 4 is 41.2 Å². The van der Waals surface area contributed by atoms with Gasteiger partial charge < -0.3 is 5.32 Å². The summed E-state index contributed by atoms with van der Waals surface area (Å²) in [6.07, 6.45) is 1.01. The number of rotatable bonds is 3. The second-order valence-electron chi connectivity index (χ2n) is 5.95. The first kappa shape index (κ1) is 20.0. The zero-order valence-corrected chi connectivity index (χ0v) is 17.0. The number of nitrogens with zero attached hydrogens (tertiary/aromatic N) is 1. The Bertz CT molecular complexity index is 350. The van der Waals surface area contributed by atoms with Gasteiger partial charge in [-0.3, -0.25) is 0 Å². The molecule has 1 aromatic carbocycles. The summed E-state index contributed by atoms with van der Waals surface area (Å²) in [5, 5.41) is 6.26. The quantitative estimate of drug-likeness (QED) is 0.631. The molecule has 0 aliphatic heterocycles. The van der Waals surface area contributed by atoms with E-state index in [1.54, 1.807) is 0 Å². The van der Waals surface area contributed by atoms with E-state index in [0.29, 0.717) is 0 Å². The Hall–Kier alpha value is 0.981. The Morgan fingerprint density at radius 3 is 1.84 bits per heavy atom.